The molecule has 0 spiro atoms. The maximum atomic E-state index is 9.29. The van der Waals surface area contributed by atoms with Crippen molar-refractivity contribution in [3.63, 3.8) is 0 Å². The van der Waals surface area contributed by atoms with Gasteiger partial charge < -0.3 is 9.84 Å². The predicted molar refractivity (Wildman–Crippen MR) is 73.0 cm³/mol. The van der Waals surface area contributed by atoms with E-state index in [1.54, 1.807) is 18.3 Å². The number of aliphatic hydroxyl groups excluding tert-OH is 1. The number of benzene rings is 1. The first-order chi connectivity index (χ1) is 8.63. The molecule has 0 aliphatic rings. The molecule has 0 saturated carbocycles. The Hall–Kier alpha value is -1.39. The van der Waals surface area contributed by atoms with Crippen LogP contribution in [0.3, 0.4) is 0 Å². The van der Waals surface area contributed by atoms with Crippen molar-refractivity contribution in [2.75, 3.05) is 0 Å². The van der Waals surface area contributed by atoms with E-state index in [0.717, 1.165) is 21.2 Å². The van der Waals surface area contributed by atoms with E-state index >= 15 is 0 Å². The minimum absolute atomic E-state index is 0.308. The molecule has 2 aromatic rings. The molecule has 0 fully saturated rings. The number of hydrogen-bond donors (Lipinski definition) is 1. The molecule has 1 heterocycles. The van der Waals surface area contributed by atoms with Gasteiger partial charge in [-0.25, -0.2) is 4.98 Å². The fourth-order valence-corrected chi connectivity index (χ4v) is 2.40. The molecule has 2 rings (SSSR count). The topological polar surface area (TPSA) is 42.4 Å². The van der Waals surface area contributed by atoms with Gasteiger partial charge in [-0.05, 0) is 38.0 Å². The largest absolute Gasteiger partial charge is 0.488 e. The maximum Gasteiger partial charge on any atom is 0.124 e. The first kappa shape index (κ1) is 13.1. The summed E-state index contributed by atoms with van der Waals surface area (Å²) in [5.74, 6) is 0.843. The molecule has 1 N–H and O–H groups in total. The van der Waals surface area contributed by atoms with Gasteiger partial charge in [0.25, 0.3) is 0 Å². The summed E-state index contributed by atoms with van der Waals surface area (Å²) in [6, 6.07) is 7.84. The lowest BCUT2D eigenvalue weighted by molar-refractivity contribution is 0.195. The summed E-state index contributed by atoms with van der Waals surface area (Å²) in [7, 11) is 0. The fraction of sp³-hybridized carbons (Fsp3) is 0.357. The van der Waals surface area contributed by atoms with Gasteiger partial charge in [-0.15, -0.1) is 11.3 Å². The number of thiazole rings is 1. The van der Waals surface area contributed by atoms with Crippen LogP contribution in [-0.4, -0.2) is 16.2 Å². The highest BCUT2D eigenvalue weighted by atomic mass is 32.1. The van der Waals surface area contributed by atoms with Crippen LogP contribution in [0.15, 0.2) is 30.5 Å². The SMILES string of the molecule is Cc1ncc(COc2ccc(CC(C)O)cc2)s1. The number of rotatable bonds is 5. The molecule has 4 heteroatoms. The molecule has 0 bridgehead atoms. The van der Waals surface area contributed by atoms with E-state index in [4.69, 9.17) is 4.74 Å². The smallest absolute Gasteiger partial charge is 0.124 e. The average molecular weight is 263 g/mol. The van der Waals surface area contributed by atoms with Crippen molar-refractivity contribution in [3.05, 3.63) is 45.9 Å². The highest BCUT2D eigenvalue weighted by Crippen LogP contribution is 2.17. The van der Waals surface area contributed by atoms with Gasteiger partial charge in [-0.1, -0.05) is 12.1 Å². The minimum Gasteiger partial charge on any atom is -0.488 e. The third kappa shape index (κ3) is 3.82. The minimum atomic E-state index is -0.308. The molecule has 0 amide bonds. The van der Waals surface area contributed by atoms with E-state index in [0.29, 0.717) is 13.0 Å². The van der Waals surface area contributed by atoms with Crippen LogP contribution in [0.25, 0.3) is 0 Å². The van der Waals surface area contributed by atoms with E-state index in [9.17, 15) is 5.11 Å². The third-order valence-corrected chi connectivity index (χ3v) is 3.39. The Balaban J connectivity index is 1.90. The number of ether oxygens (including phenoxy) is 1. The van der Waals surface area contributed by atoms with Crippen molar-refractivity contribution < 1.29 is 9.84 Å². The van der Waals surface area contributed by atoms with Crippen LogP contribution in [0.5, 0.6) is 5.75 Å². The van der Waals surface area contributed by atoms with E-state index < -0.39 is 0 Å². The molecule has 18 heavy (non-hydrogen) atoms. The van der Waals surface area contributed by atoms with Gasteiger partial charge in [0.2, 0.25) is 0 Å². The molecule has 1 atom stereocenters. The molecule has 0 aliphatic heterocycles. The van der Waals surface area contributed by atoms with Crippen LogP contribution >= 0.6 is 11.3 Å². The second-order valence-corrected chi connectivity index (χ2v) is 5.65. The Morgan fingerprint density at radius 2 is 2.06 bits per heavy atom. The van der Waals surface area contributed by atoms with Crippen molar-refractivity contribution >= 4 is 11.3 Å². The maximum absolute atomic E-state index is 9.29. The summed E-state index contributed by atoms with van der Waals surface area (Å²) in [6.45, 7) is 4.33. The zero-order valence-corrected chi connectivity index (χ0v) is 11.4. The van der Waals surface area contributed by atoms with Gasteiger partial charge in [-0.2, -0.15) is 0 Å². The Labute approximate surface area is 111 Å². The number of hydrogen-bond acceptors (Lipinski definition) is 4. The van der Waals surface area contributed by atoms with Crippen molar-refractivity contribution in [3.8, 4) is 5.75 Å². The summed E-state index contributed by atoms with van der Waals surface area (Å²) >= 11 is 1.65. The molecule has 1 unspecified atom stereocenters. The van der Waals surface area contributed by atoms with E-state index in [1.165, 1.54) is 0 Å². The van der Waals surface area contributed by atoms with Crippen molar-refractivity contribution in [2.24, 2.45) is 0 Å². The third-order valence-electron chi connectivity index (χ3n) is 2.50. The number of aryl methyl sites for hydroxylation is 1. The van der Waals surface area contributed by atoms with Gasteiger partial charge in [0, 0.05) is 6.20 Å². The van der Waals surface area contributed by atoms with Gasteiger partial charge in [0.05, 0.1) is 16.0 Å². The second-order valence-electron chi connectivity index (χ2n) is 4.33. The molecule has 0 radical (unpaired) electrons. The van der Waals surface area contributed by atoms with Crippen LogP contribution in [0, 0.1) is 6.92 Å². The van der Waals surface area contributed by atoms with Crippen LogP contribution in [0.4, 0.5) is 0 Å². The van der Waals surface area contributed by atoms with E-state index in [1.807, 2.05) is 37.4 Å². The van der Waals surface area contributed by atoms with Crippen LogP contribution in [0.2, 0.25) is 0 Å². The first-order valence-corrected chi connectivity index (χ1v) is 6.76. The molecule has 1 aromatic heterocycles. The average Bonchev–Trinajstić information content (AvgIpc) is 2.74. The second kappa shape index (κ2) is 5.98. The zero-order chi connectivity index (χ0) is 13.0. The van der Waals surface area contributed by atoms with Crippen LogP contribution in [-0.2, 0) is 13.0 Å². The van der Waals surface area contributed by atoms with E-state index in [2.05, 4.69) is 4.98 Å². The predicted octanol–water partition coefficient (Wildman–Crippen LogP) is 2.95. The van der Waals surface area contributed by atoms with Gasteiger partial charge in [0.1, 0.15) is 12.4 Å². The Morgan fingerprint density at radius 1 is 1.33 bits per heavy atom. The van der Waals surface area contributed by atoms with Gasteiger partial charge in [0.15, 0.2) is 0 Å². The lowest BCUT2D eigenvalue weighted by atomic mass is 10.1. The monoisotopic (exact) mass is 263 g/mol. The van der Waals surface area contributed by atoms with Crippen molar-refractivity contribution in [2.45, 2.75) is 33.0 Å². The zero-order valence-electron chi connectivity index (χ0n) is 10.6. The molecule has 3 nitrogen and oxygen atoms in total. The Morgan fingerprint density at radius 3 is 2.61 bits per heavy atom. The van der Waals surface area contributed by atoms with Gasteiger partial charge in [-0.3, -0.25) is 0 Å². The molecule has 96 valence electrons. The standard InChI is InChI=1S/C14H17NO2S/c1-10(16)7-12-3-5-13(6-4-12)17-9-14-8-15-11(2)18-14/h3-6,8,10,16H,7,9H2,1-2H3. The summed E-state index contributed by atoms with van der Waals surface area (Å²) in [4.78, 5) is 5.31. The Bertz CT molecular complexity index is 491. The summed E-state index contributed by atoms with van der Waals surface area (Å²) in [6.07, 6.45) is 2.22. The van der Waals surface area contributed by atoms with Crippen LogP contribution < -0.4 is 4.74 Å². The highest BCUT2D eigenvalue weighted by Gasteiger charge is 2.02. The summed E-state index contributed by atoms with van der Waals surface area (Å²) in [5.41, 5.74) is 1.12. The first-order valence-electron chi connectivity index (χ1n) is 5.94. The lowest BCUT2D eigenvalue weighted by Gasteiger charge is -2.07. The summed E-state index contributed by atoms with van der Waals surface area (Å²) < 4.78 is 5.67. The normalized spacial score (nSPS) is 12.4. The molecule has 1 aromatic carbocycles. The quantitative estimate of drug-likeness (QED) is 0.902. The van der Waals surface area contributed by atoms with E-state index in [-0.39, 0.29) is 6.10 Å². The molecular weight excluding hydrogens is 246 g/mol. The lowest BCUT2D eigenvalue weighted by Crippen LogP contribution is -2.03. The molecule has 0 saturated heterocycles. The number of aliphatic hydroxyl groups is 1. The van der Waals surface area contributed by atoms with Gasteiger partial charge >= 0.3 is 0 Å². The molecular formula is C14H17NO2S. The number of aromatic nitrogens is 1. The molecule has 0 aliphatic carbocycles. The van der Waals surface area contributed by atoms with Crippen molar-refractivity contribution in [1.82, 2.24) is 4.98 Å². The Kier molecular flexibility index (Phi) is 4.33. The van der Waals surface area contributed by atoms with Crippen LogP contribution in [0.1, 0.15) is 22.4 Å². The number of nitrogens with zero attached hydrogens (tertiary/aromatic N) is 1. The highest BCUT2D eigenvalue weighted by molar-refractivity contribution is 7.11. The fourth-order valence-electron chi connectivity index (χ4n) is 1.69. The summed E-state index contributed by atoms with van der Waals surface area (Å²) in [5, 5.41) is 10.3. The van der Waals surface area contributed by atoms with Crippen molar-refractivity contribution in [1.29, 1.82) is 0 Å².